The van der Waals surface area contributed by atoms with Gasteiger partial charge in [0.2, 0.25) is 5.91 Å². The van der Waals surface area contributed by atoms with Crippen molar-refractivity contribution in [3.05, 3.63) is 29.8 Å². The molecule has 1 aliphatic rings. The van der Waals surface area contributed by atoms with Crippen molar-refractivity contribution in [1.29, 1.82) is 0 Å². The van der Waals surface area contributed by atoms with Crippen molar-refractivity contribution >= 4 is 5.91 Å². The predicted octanol–water partition coefficient (Wildman–Crippen LogP) is 3.66. The summed E-state index contributed by atoms with van der Waals surface area (Å²) < 4.78 is 5.15. The lowest BCUT2D eigenvalue weighted by Crippen LogP contribution is -2.42. The highest BCUT2D eigenvalue weighted by Gasteiger charge is 2.27. The molecule has 2 unspecified atom stereocenters. The Morgan fingerprint density at radius 2 is 1.90 bits per heavy atom. The van der Waals surface area contributed by atoms with Crippen LogP contribution < -0.4 is 4.74 Å². The van der Waals surface area contributed by atoms with E-state index in [-0.39, 0.29) is 5.91 Å². The average molecular weight is 289 g/mol. The monoisotopic (exact) mass is 289 g/mol. The van der Waals surface area contributed by atoms with Gasteiger partial charge in [-0.3, -0.25) is 4.79 Å². The Hall–Kier alpha value is -1.51. The smallest absolute Gasteiger partial charge is 0.222 e. The van der Waals surface area contributed by atoms with Crippen LogP contribution in [0.15, 0.2) is 24.3 Å². The molecule has 0 N–H and O–H groups in total. The molecule has 1 aliphatic carbocycles. The second-order valence-corrected chi connectivity index (χ2v) is 6.18. The van der Waals surface area contributed by atoms with Crippen LogP contribution in [0.3, 0.4) is 0 Å². The zero-order valence-corrected chi connectivity index (χ0v) is 13.5. The van der Waals surface area contributed by atoms with Crippen LogP contribution in [0.4, 0.5) is 0 Å². The Morgan fingerprint density at radius 1 is 1.24 bits per heavy atom. The number of carbonyl (C=O) groups excluding carboxylic acids is 1. The van der Waals surface area contributed by atoms with Gasteiger partial charge in [-0.05, 0) is 42.9 Å². The van der Waals surface area contributed by atoms with E-state index in [2.05, 4.69) is 6.92 Å². The Bertz CT molecular complexity index is 455. The van der Waals surface area contributed by atoms with Crippen molar-refractivity contribution in [2.24, 2.45) is 5.92 Å². The molecule has 1 amide bonds. The van der Waals surface area contributed by atoms with Gasteiger partial charge >= 0.3 is 0 Å². The molecule has 1 saturated carbocycles. The lowest BCUT2D eigenvalue weighted by atomic mass is 9.85. The molecule has 1 aromatic rings. The number of hydrogen-bond acceptors (Lipinski definition) is 2. The second kappa shape index (κ2) is 7.48. The van der Waals surface area contributed by atoms with Crippen molar-refractivity contribution in [3.8, 4) is 5.75 Å². The Morgan fingerprint density at radius 3 is 2.52 bits per heavy atom. The highest BCUT2D eigenvalue weighted by atomic mass is 16.5. The third-order valence-corrected chi connectivity index (χ3v) is 4.74. The summed E-state index contributed by atoms with van der Waals surface area (Å²) in [6.07, 6.45) is 6.36. The Kier molecular flexibility index (Phi) is 5.66. The van der Waals surface area contributed by atoms with E-state index in [1.165, 1.54) is 24.8 Å². The minimum Gasteiger partial charge on any atom is -0.497 e. The van der Waals surface area contributed by atoms with E-state index in [4.69, 9.17) is 4.74 Å². The summed E-state index contributed by atoms with van der Waals surface area (Å²) in [4.78, 5) is 14.4. The zero-order valence-electron chi connectivity index (χ0n) is 13.5. The van der Waals surface area contributed by atoms with Gasteiger partial charge in [-0.2, -0.15) is 0 Å². The molecule has 0 spiro atoms. The molecule has 0 aliphatic heterocycles. The Labute approximate surface area is 128 Å². The van der Waals surface area contributed by atoms with Crippen molar-refractivity contribution in [1.82, 2.24) is 4.90 Å². The summed E-state index contributed by atoms with van der Waals surface area (Å²) in [7, 11) is 3.64. The van der Waals surface area contributed by atoms with Crippen LogP contribution in [0, 0.1) is 5.92 Å². The maximum absolute atomic E-state index is 12.4. The van der Waals surface area contributed by atoms with Crippen LogP contribution in [-0.2, 0) is 11.2 Å². The van der Waals surface area contributed by atoms with Gasteiger partial charge in [-0.1, -0.05) is 31.9 Å². The first-order chi connectivity index (χ1) is 10.1. The third-order valence-electron chi connectivity index (χ3n) is 4.74. The third kappa shape index (κ3) is 4.23. The highest BCUT2D eigenvalue weighted by Crippen LogP contribution is 2.27. The van der Waals surface area contributed by atoms with Crippen LogP contribution in [0.5, 0.6) is 5.75 Å². The number of aryl methyl sites for hydroxylation is 1. The molecule has 2 rings (SSSR count). The molecule has 1 aromatic carbocycles. The van der Waals surface area contributed by atoms with E-state index in [0.717, 1.165) is 18.6 Å². The van der Waals surface area contributed by atoms with Gasteiger partial charge in [0.25, 0.3) is 0 Å². The number of rotatable bonds is 5. The second-order valence-electron chi connectivity index (χ2n) is 6.18. The molecular formula is C18H27NO2. The Balaban J connectivity index is 1.85. The van der Waals surface area contributed by atoms with Crippen molar-refractivity contribution in [2.45, 2.75) is 51.5 Å². The largest absolute Gasteiger partial charge is 0.497 e. The summed E-state index contributed by atoms with van der Waals surface area (Å²) in [5, 5.41) is 0. The van der Waals surface area contributed by atoms with Gasteiger partial charge in [-0.15, -0.1) is 0 Å². The summed E-state index contributed by atoms with van der Waals surface area (Å²) >= 11 is 0. The quantitative estimate of drug-likeness (QED) is 0.828. The summed E-state index contributed by atoms with van der Waals surface area (Å²) in [5.74, 6) is 1.76. The molecule has 0 radical (unpaired) electrons. The fourth-order valence-electron chi connectivity index (χ4n) is 3.28. The van der Waals surface area contributed by atoms with E-state index in [1.807, 2.05) is 36.2 Å². The maximum atomic E-state index is 12.4. The van der Waals surface area contributed by atoms with Gasteiger partial charge in [0.15, 0.2) is 0 Å². The van der Waals surface area contributed by atoms with Crippen molar-refractivity contribution in [2.75, 3.05) is 14.2 Å². The van der Waals surface area contributed by atoms with Crippen LogP contribution in [0.1, 0.15) is 44.6 Å². The summed E-state index contributed by atoms with van der Waals surface area (Å²) in [6, 6.07) is 8.41. The molecule has 21 heavy (non-hydrogen) atoms. The SMILES string of the molecule is COc1ccc(CCC(=O)N(C)C2CCCCC2C)cc1. The summed E-state index contributed by atoms with van der Waals surface area (Å²) in [5.41, 5.74) is 1.19. The highest BCUT2D eigenvalue weighted by molar-refractivity contribution is 5.76. The normalized spacial score (nSPS) is 21.9. The van der Waals surface area contributed by atoms with Crippen LogP contribution in [0.2, 0.25) is 0 Å². The molecule has 0 aromatic heterocycles. The van der Waals surface area contributed by atoms with Crippen molar-refractivity contribution < 1.29 is 9.53 Å². The van der Waals surface area contributed by atoms with Gasteiger partial charge in [0.1, 0.15) is 5.75 Å². The van der Waals surface area contributed by atoms with Gasteiger partial charge in [0.05, 0.1) is 7.11 Å². The topological polar surface area (TPSA) is 29.5 Å². The number of methoxy groups -OCH3 is 1. The molecular weight excluding hydrogens is 262 g/mol. The minimum atomic E-state index is 0.268. The fourth-order valence-corrected chi connectivity index (χ4v) is 3.28. The van der Waals surface area contributed by atoms with E-state index in [1.54, 1.807) is 7.11 Å². The predicted molar refractivity (Wildman–Crippen MR) is 85.5 cm³/mol. The van der Waals surface area contributed by atoms with Gasteiger partial charge in [-0.25, -0.2) is 0 Å². The fraction of sp³-hybridized carbons (Fsp3) is 0.611. The zero-order chi connectivity index (χ0) is 15.2. The molecule has 0 saturated heterocycles. The maximum Gasteiger partial charge on any atom is 0.222 e. The van der Waals surface area contributed by atoms with E-state index in [0.29, 0.717) is 18.4 Å². The van der Waals surface area contributed by atoms with E-state index in [9.17, 15) is 4.79 Å². The lowest BCUT2D eigenvalue weighted by Gasteiger charge is -2.36. The average Bonchev–Trinajstić information content (AvgIpc) is 2.53. The molecule has 116 valence electrons. The summed E-state index contributed by atoms with van der Waals surface area (Å²) in [6.45, 7) is 2.27. The van der Waals surface area contributed by atoms with Crippen LogP contribution in [0.25, 0.3) is 0 Å². The first-order valence-electron chi connectivity index (χ1n) is 8.00. The minimum absolute atomic E-state index is 0.268. The van der Waals surface area contributed by atoms with Crippen LogP contribution in [-0.4, -0.2) is 31.0 Å². The lowest BCUT2D eigenvalue weighted by molar-refractivity contribution is -0.133. The number of hydrogen-bond donors (Lipinski definition) is 0. The first kappa shape index (κ1) is 15.9. The van der Waals surface area contributed by atoms with Crippen molar-refractivity contribution in [3.63, 3.8) is 0 Å². The number of ether oxygens (including phenoxy) is 1. The van der Waals surface area contributed by atoms with Gasteiger partial charge in [0, 0.05) is 19.5 Å². The molecule has 1 fully saturated rings. The number of benzene rings is 1. The molecule has 0 bridgehead atoms. The van der Waals surface area contributed by atoms with Gasteiger partial charge < -0.3 is 9.64 Å². The molecule has 3 heteroatoms. The van der Waals surface area contributed by atoms with E-state index >= 15 is 0 Å². The van der Waals surface area contributed by atoms with E-state index < -0.39 is 0 Å². The number of carbonyl (C=O) groups is 1. The molecule has 3 nitrogen and oxygen atoms in total. The molecule has 0 heterocycles. The standard InChI is InChI=1S/C18H27NO2/c1-14-6-4-5-7-17(14)19(2)18(20)13-10-15-8-11-16(21-3)12-9-15/h8-9,11-12,14,17H,4-7,10,13H2,1-3H3. The first-order valence-corrected chi connectivity index (χ1v) is 8.00. The molecule has 2 atom stereocenters. The number of amides is 1. The van der Waals surface area contributed by atoms with Crippen LogP contribution >= 0.6 is 0 Å². The number of nitrogens with zero attached hydrogens (tertiary/aromatic N) is 1.